The highest BCUT2D eigenvalue weighted by Crippen LogP contribution is 2.31. The molecule has 1 heterocycles. The molecule has 102 valence electrons. The molecule has 1 atom stereocenters. The molecular weight excluding hydrogens is 262 g/mol. The van der Waals surface area contributed by atoms with Crippen molar-refractivity contribution in [2.45, 2.75) is 12.5 Å². The van der Waals surface area contributed by atoms with Crippen LogP contribution in [0.1, 0.15) is 18.0 Å². The van der Waals surface area contributed by atoms with Gasteiger partial charge in [-0.1, -0.05) is 17.7 Å². The first-order chi connectivity index (χ1) is 9.26. The summed E-state index contributed by atoms with van der Waals surface area (Å²) < 4.78 is 5.26. The van der Waals surface area contributed by atoms with E-state index in [2.05, 4.69) is 16.3 Å². The van der Waals surface area contributed by atoms with Gasteiger partial charge in [0.05, 0.1) is 24.6 Å². The van der Waals surface area contributed by atoms with E-state index in [1.54, 1.807) is 7.11 Å². The van der Waals surface area contributed by atoms with Crippen LogP contribution in [-0.4, -0.2) is 38.2 Å². The fraction of sp³-hybridized carbons (Fsp3) is 0.500. The molecule has 1 aliphatic rings. The van der Waals surface area contributed by atoms with Gasteiger partial charge in [0.1, 0.15) is 5.75 Å². The molecule has 0 unspecified atom stereocenters. The van der Waals surface area contributed by atoms with Gasteiger partial charge >= 0.3 is 0 Å². The summed E-state index contributed by atoms with van der Waals surface area (Å²) in [5, 5.41) is 13.0. The smallest absolute Gasteiger partial charge is 0.137 e. The second kappa shape index (κ2) is 6.76. The van der Waals surface area contributed by atoms with Crippen LogP contribution in [0.15, 0.2) is 18.2 Å². The number of ether oxygens (including phenoxy) is 1. The number of rotatable bonds is 4. The van der Waals surface area contributed by atoms with Gasteiger partial charge in [0.15, 0.2) is 0 Å². The third-order valence-electron chi connectivity index (χ3n) is 3.44. The summed E-state index contributed by atoms with van der Waals surface area (Å²) in [7, 11) is 1.61. The number of hydrogen-bond donors (Lipinski definition) is 1. The number of nitriles is 1. The van der Waals surface area contributed by atoms with Crippen LogP contribution in [0.4, 0.5) is 0 Å². The number of piperazine rings is 1. The van der Waals surface area contributed by atoms with Crippen LogP contribution in [-0.2, 0) is 0 Å². The molecule has 0 amide bonds. The SMILES string of the molecule is COc1cc([C@@H](CC#N)N2CCNCC2)ccc1Cl. The van der Waals surface area contributed by atoms with Crippen LogP contribution in [0.2, 0.25) is 5.02 Å². The van der Waals surface area contributed by atoms with Crippen molar-refractivity contribution in [1.82, 2.24) is 10.2 Å². The Hall–Kier alpha value is -1.28. The van der Waals surface area contributed by atoms with Crippen LogP contribution >= 0.6 is 11.6 Å². The first kappa shape index (κ1) is 14.1. The molecule has 0 radical (unpaired) electrons. The van der Waals surface area contributed by atoms with Crippen molar-refractivity contribution in [2.24, 2.45) is 0 Å². The molecule has 0 aliphatic carbocycles. The summed E-state index contributed by atoms with van der Waals surface area (Å²) in [6, 6.07) is 8.14. The number of benzene rings is 1. The van der Waals surface area contributed by atoms with Crippen LogP contribution in [0.3, 0.4) is 0 Å². The number of halogens is 1. The van der Waals surface area contributed by atoms with E-state index in [1.165, 1.54) is 0 Å². The van der Waals surface area contributed by atoms with E-state index in [9.17, 15) is 0 Å². The average molecular weight is 280 g/mol. The van der Waals surface area contributed by atoms with Crippen LogP contribution in [0.5, 0.6) is 5.75 Å². The number of methoxy groups -OCH3 is 1. The minimum atomic E-state index is 0.110. The monoisotopic (exact) mass is 279 g/mol. The van der Waals surface area contributed by atoms with E-state index in [-0.39, 0.29) is 6.04 Å². The summed E-state index contributed by atoms with van der Waals surface area (Å²) in [4.78, 5) is 2.34. The zero-order valence-corrected chi connectivity index (χ0v) is 11.8. The van der Waals surface area contributed by atoms with Crippen molar-refractivity contribution in [1.29, 1.82) is 5.26 Å². The van der Waals surface area contributed by atoms with E-state index in [0.717, 1.165) is 31.7 Å². The van der Waals surface area contributed by atoms with Crippen LogP contribution in [0.25, 0.3) is 0 Å². The number of nitrogens with zero attached hydrogens (tertiary/aromatic N) is 2. The topological polar surface area (TPSA) is 48.3 Å². The normalized spacial score (nSPS) is 17.7. The van der Waals surface area contributed by atoms with Gasteiger partial charge < -0.3 is 10.1 Å². The maximum Gasteiger partial charge on any atom is 0.137 e. The average Bonchev–Trinajstić information content (AvgIpc) is 2.46. The number of nitrogens with one attached hydrogen (secondary N) is 1. The maximum atomic E-state index is 9.06. The zero-order chi connectivity index (χ0) is 13.7. The molecule has 1 N–H and O–H groups in total. The van der Waals surface area contributed by atoms with Gasteiger partial charge in [0.2, 0.25) is 0 Å². The van der Waals surface area contributed by atoms with Crippen molar-refractivity contribution in [3.63, 3.8) is 0 Å². The van der Waals surface area contributed by atoms with Crippen molar-refractivity contribution in [2.75, 3.05) is 33.3 Å². The third-order valence-corrected chi connectivity index (χ3v) is 3.75. The Morgan fingerprint density at radius 1 is 1.47 bits per heavy atom. The van der Waals surface area contributed by atoms with Crippen LogP contribution < -0.4 is 10.1 Å². The lowest BCUT2D eigenvalue weighted by Gasteiger charge is -2.34. The zero-order valence-electron chi connectivity index (χ0n) is 11.0. The molecule has 1 saturated heterocycles. The summed E-state index contributed by atoms with van der Waals surface area (Å²) in [5.74, 6) is 0.664. The standard InChI is InChI=1S/C14H18ClN3O/c1-19-14-10-11(2-3-12(14)15)13(4-5-16)18-8-6-17-7-9-18/h2-3,10,13,17H,4,6-9H2,1H3/t13-/m1/s1. The van der Waals surface area contributed by atoms with Gasteiger partial charge in [0.25, 0.3) is 0 Å². The molecule has 0 saturated carbocycles. The lowest BCUT2D eigenvalue weighted by atomic mass is 10.0. The van der Waals surface area contributed by atoms with E-state index < -0.39 is 0 Å². The maximum absolute atomic E-state index is 9.06. The molecule has 5 heteroatoms. The molecular formula is C14H18ClN3O. The minimum Gasteiger partial charge on any atom is -0.495 e. The minimum absolute atomic E-state index is 0.110. The lowest BCUT2D eigenvalue weighted by molar-refractivity contribution is 0.175. The van der Waals surface area contributed by atoms with Gasteiger partial charge in [-0.15, -0.1) is 0 Å². The lowest BCUT2D eigenvalue weighted by Crippen LogP contribution is -2.45. The quantitative estimate of drug-likeness (QED) is 0.918. The largest absolute Gasteiger partial charge is 0.495 e. The van der Waals surface area contributed by atoms with E-state index in [1.807, 2.05) is 18.2 Å². The summed E-state index contributed by atoms with van der Waals surface area (Å²) in [5.41, 5.74) is 1.09. The molecule has 1 aromatic rings. The van der Waals surface area contributed by atoms with Gasteiger partial charge in [-0.05, 0) is 17.7 Å². The Kier molecular flexibility index (Phi) is 5.03. The summed E-state index contributed by atoms with van der Waals surface area (Å²) in [6.07, 6.45) is 0.477. The molecule has 0 bridgehead atoms. The fourth-order valence-corrected chi connectivity index (χ4v) is 2.62. The second-order valence-corrected chi connectivity index (χ2v) is 4.97. The summed E-state index contributed by atoms with van der Waals surface area (Å²) >= 11 is 6.05. The number of hydrogen-bond acceptors (Lipinski definition) is 4. The van der Waals surface area contributed by atoms with E-state index in [0.29, 0.717) is 17.2 Å². The van der Waals surface area contributed by atoms with Crippen molar-refractivity contribution in [3.05, 3.63) is 28.8 Å². The molecule has 1 aliphatic heterocycles. The predicted molar refractivity (Wildman–Crippen MR) is 75.4 cm³/mol. The van der Waals surface area contributed by atoms with Crippen LogP contribution in [0, 0.1) is 11.3 Å². The Morgan fingerprint density at radius 2 is 2.21 bits per heavy atom. The highest BCUT2D eigenvalue weighted by molar-refractivity contribution is 6.32. The van der Waals surface area contributed by atoms with Crippen molar-refractivity contribution >= 4 is 11.6 Å². The van der Waals surface area contributed by atoms with E-state index >= 15 is 0 Å². The Labute approximate surface area is 118 Å². The molecule has 4 nitrogen and oxygen atoms in total. The Balaban J connectivity index is 2.25. The molecule has 1 aromatic carbocycles. The Bertz CT molecular complexity index is 466. The van der Waals surface area contributed by atoms with Crippen molar-refractivity contribution < 1.29 is 4.74 Å². The third kappa shape index (κ3) is 3.38. The summed E-state index contributed by atoms with van der Waals surface area (Å²) in [6.45, 7) is 3.84. The molecule has 0 spiro atoms. The first-order valence-electron chi connectivity index (χ1n) is 6.41. The highest BCUT2D eigenvalue weighted by Gasteiger charge is 2.22. The van der Waals surface area contributed by atoms with Gasteiger partial charge in [-0.25, -0.2) is 0 Å². The van der Waals surface area contributed by atoms with Gasteiger partial charge in [-0.2, -0.15) is 5.26 Å². The van der Waals surface area contributed by atoms with Gasteiger partial charge in [-0.3, -0.25) is 4.90 Å². The van der Waals surface area contributed by atoms with Crippen molar-refractivity contribution in [3.8, 4) is 11.8 Å². The molecule has 0 aromatic heterocycles. The molecule has 1 fully saturated rings. The highest BCUT2D eigenvalue weighted by atomic mass is 35.5. The predicted octanol–water partition coefficient (Wildman–Crippen LogP) is 2.21. The fourth-order valence-electron chi connectivity index (χ4n) is 2.42. The second-order valence-electron chi connectivity index (χ2n) is 4.56. The van der Waals surface area contributed by atoms with E-state index in [4.69, 9.17) is 21.6 Å². The molecule has 2 rings (SSSR count). The van der Waals surface area contributed by atoms with Gasteiger partial charge in [0, 0.05) is 32.2 Å². The first-order valence-corrected chi connectivity index (χ1v) is 6.79. The Morgan fingerprint density at radius 3 is 2.84 bits per heavy atom. The molecule has 19 heavy (non-hydrogen) atoms.